The van der Waals surface area contributed by atoms with Crippen LogP contribution in [0.4, 0.5) is 5.82 Å². The standard InChI is InChI=1S/C23H29N5O3/c29-22(27-31-23-8-4-5-13-30-23)10-9-19-14-25-21(15-24-19)26-20-11-12-28(17-20)16-18-6-2-1-3-7-18/h1-3,6-7,9-10,14-15,20,23H,4-5,8,11-13,16-17H2,(H,25,26)(H,27,29)/t20-,23?/m1/s1. The van der Waals surface area contributed by atoms with Gasteiger partial charge in [-0.1, -0.05) is 30.3 Å². The van der Waals surface area contributed by atoms with Crippen molar-refractivity contribution in [1.29, 1.82) is 0 Å². The highest BCUT2D eigenvalue weighted by molar-refractivity contribution is 5.90. The zero-order valence-corrected chi connectivity index (χ0v) is 17.6. The van der Waals surface area contributed by atoms with E-state index in [2.05, 4.69) is 49.9 Å². The number of nitrogens with zero attached hydrogens (tertiary/aromatic N) is 3. The molecule has 0 spiro atoms. The Kier molecular flexibility index (Phi) is 7.60. The van der Waals surface area contributed by atoms with Crippen molar-refractivity contribution in [2.75, 3.05) is 25.0 Å². The Bertz CT molecular complexity index is 853. The molecule has 1 aromatic carbocycles. The van der Waals surface area contributed by atoms with E-state index in [1.54, 1.807) is 18.5 Å². The van der Waals surface area contributed by atoms with E-state index in [0.29, 0.717) is 18.3 Å². The number of carbonyl (C=O) groups excluding carboxylic acids is 1. The van der Waals surface area contributed by atoms with Crippen LogP contribution >= 0.6 is 0 Å². The first kappa shape index (κ1) is 21.4. The average molecular weight is 424 g/mol. The van der Waals surface area contributed by atoms with Gasteiger partial charge in [0.05, 0.1) is 18.1 Å². The minimum Gasteiger partial charge on any atom is -0.365 e. The largest absolute Gasteiger partial charge is 0.365 e. The fourth-order valence-corrected chi connectivity index (χ4v) is 3.77. The maximum absolute atomic E-state index is 11.9. The average Bonchev–Trinajstić information content (AvgIpc) is 3.25. The van der Waals surface area contributed by atoms with Gasteiger partial charge in [-0.2, -0.15) is 0 Å². The normalized spacial score (nSPS) is 21.9. The highest BCUT2D eigenvalue weighted by Gasteiger charge is 2.22. The summed E-state index contributed by atoms with van der Waals surface area (Å²) in [7, 11) is 0. The fraction of sp³-hybridized carbons (Fsp3) is 0.435. The third-order valence-corrected chi connectivity index (χ3v) is 5.38. The van der Waals surface area contributed by atoms with E-state index in [4.69, 9.17) is 9.57 Å². The van der Waals surface area contributed by atoms with E-state index in [0.717, 1.165) is 51.1 Å². The van der Waals surface area contributed by atoms with Gasteiger partial charge in [0, 0.05) is 44.8 Å². The molecular weight excluding hydrogens is 394 g/mol. The van der Waals surface area contributed by atoms with Crippen molar-refractivity contribution in [2.45, 2.75) is 44.6 Å². The Morgan fingerprint density at radius 2 is 2.10 bits per heavy atom. The molecule has 0 aliphatic carbocycles. The SMILES string of the molecule is O=C(C=Cc1cnc(N[C@@H]2CCN(Cc3ccccc3)C2)cn1)NOC1CCCCO1. The highest BCUT2D eigenvalue weighted by atomic mass is 16.8. The lowest BCUT2D eigenvalue weighted by molar-refractivity contribution is -0.198. The van der Waals surface area contributed by atoms with Crippen LogP contribution in [0.1, 0.15) is 36.9 Å². The summed E-state index contributed by atoms with van der Waals surface area (Å²) in [5.41, 5.74) is 4.32. The molecule has 31 heavy (non-hydrogen) atoms. The summed E-state index contributed by atoms with van der Waals surface area (Å²) in [4.78, 5) is 28.3. The van der Waals surface area contributed by atoms with Gasteiger partial charge in [-0.3, -0.25) is 14.7 Å². The monoisotopic (exact) mass is 423 g/mol. The second-order valence-corrected chi connectivity index (χ2v) is 7.89. The molecule has 2 saturated heterocycles. The number of hydrogen-bond donors (Lipinski definition) is 2. The molecule has 0 bridgehead atoms. The van der Waals surface area contributed by atoms with Crippen LogP contribution in [0.3, 0.4) is 0 Å². The summed E-state index contributed by atoms with van der Waals surface area (Å²) >= 11 is 0. The van der Waals surface area contributed by atoms with E-state index >= 15 is 0 Å². The third kappa shape index (κ3) is 6.85. The van der Waals surface area contributed by atoms with Crippen molar-refractivity contribution in [3.63, 3.8) is 0 Å². The zero-order chi connectivity index (χ0) is 21.3. The number of ether oxygens (including phenoxy) is 1. The topological polar surface area (TPSA) is 88.6 Å². The predicted molar refractivity (Wildman–Crippen MR) is 118 cm³/mol. The molecule has 2 N–H and O–H groups in total. The smallest absolute Gasteiger partial charge is 0.267 e. The van der Waals surface area contributed by atoms with Gasteiger partial charge >= 0.3 is 0 Å². The van der Waals surface area contributed by atoms with Gasteiger partial charge < -0.3 is 10.1 Å². The quantitative estimate of drug-likeness (QED) is 0.499. The van der Waals surface area contributed by atoms with E-state index in [9.17, 15) is 4.79 Å². The van der Waals surface area contributed by atoms with Gasteiger partial charge in [-0.25, -0.2) is 15.3 Å². The molecule has 3 heterocycles. The zero-order valence-electron chi connectivity index (χ0n) is 17.6. The number of nitrogens with one attached hydrogen (secondary N) is 2. The molecule has 2 atom stereocenters. The number of benzene rings is 1. The molecule has 1 aromatic heterocycles. The molecule has 0 saturated carbocycles. The van der Waals surface area contributed by atoms with E-state index in [1.165, 1.54) is 11.6 Å². The summed E-state index contributed by atoms with van der Waals surface area (Å²) in [6.07, 6.45) is 9.89. The highest BCUT2D eigenvalue weighted by Crippen LogP contribution is 2.17. The lowest BCUT2D eigenvalue weighted by Crippen LogP contribution is -2.32. The maximum Gasteiger partial charge on any atom is 0.267 e. The third-order valence-electron chi connectivity index (χ3n) is 5.38. The maximum atomic E-state index is 11.9. The Balaban J connectivity index is 1.19. The van der Waals surface area contributed by atoms with Gasteiger partial charge in [0.25, 0.3) is 5.91 Å². The molecule has 8 nitrogen and oxygen atoms in total. The number of anilines is 1. The second-order valence-electron chi connectivity index (χ2n) is 7.89. The molecule has 2 fully saturated rings. The minimum absolute atomic E-state index is 0.351. The molecule has 1 unspecified atom stereocenters. The lowest BCUT2D eigenvalue weighted by atomic mass is 10.2. The molecule has 2 aromatic rings. The molecule has 8 heteroatoms. The van der Waals surface area contributed by atoms with Crippen molar-refractivity contribution in [2.24, 2.45) is 0 Å². The summed E-state index contributed by atoms with van der Waals surface area (Å²) in [5, 5.41) is 3.45. The molecule has 2 aliphatic rings. The van der Waals surface area contributed by atoms with Crippen LogP contribution in [0.25, 0.3) is 6.08 Å². The van der Waals surface area contributed by atoms with E-state index < -0.39 is 0 Å². The van der Waals surface area contributed by atoms with Gasteiger partial charge in [0.15, 0.2) is 6.29 Å². The summed E-state index contributed by atoms with van der Waals surface area (Å²) in [6.45, 7) is 3.67. The van der Waals surface area contributed by atoms with Crippen LogP contribution in [-0.4, -0.2) is 52.8 Å². The van der Waals surface area contributed by atoms with Gasteiger partial charge in [-0.05, 0) is 30.9 Å². The molecule has 4 rings (SSSR count). The van der Waals surface area contributed by atoms with Crippen LogP contribution in [0.2, 0.25) is 0 Å². The van der Waals surface area contributed by atoms with Crippen molar-refractivity contribution < 1.29 is 14.4 Å². The molecule has 0 radical (unpaired) electrons. The summed E-state index contributed by atoms with van der Waals surface area (Å²) in [5.74, 6) is 0.383. The molecule has 2 aliphatic heterocycles. The number of hydrogen-bond acceptors (Lipinski definition) is 7. The van der Waals surface area contributed by atoms with Crippen LogP contribution < -0.4 is 10.8 Å². The van der Waals surface area contributed by atoms with Gasteiger partial charge in [0.1, 0.15) is 5.82 Å². The van der Waals surface area contributed by atoms with Crippen LogP contribution in [0, 0.1) is 0 Å². The predicted octanol–water partition coefficient (Wildman–Crippen LogP) is 2.75. The Morgan fingerprint density at radius 1 is 1.19 bits per heavy atom. The van der Waals surface area contributed by atoms with Gasteiger partial charge in [0.2, 0.25) is 0 Å². The van der Waals surface area contributed by atoms with Crippen LogP contribution in [-0.2, 0) is 20.9 Å². The van der Waals surface area contributed by atoms with Crippen molar-refractivity contribution in [3.8, 4) is 0 Å². The summed E-state index contributed by atoms with van der Waals surface area (Å²) in [6, 6.07) is 10.9. The molecular formula is C23H29N5O3. The Labute approximate surface area is 182 Å². The Morgan fingerprint density at radius 3 is 2.87 bits per heavy atom. The number of hydroxylamine groups is 1. The lowest BCUT2D eigenvalue weighted by Gasteiger charge is -2.21. The molecule has 164 valence electrons. The summed E-state index contributed by atoms with van der Waals surface area (Å²) < 4.78 is 5.40. The van der Waals surface area contributed by atoms with Crippen molar-refractivity contribution >= 4 is 17.8 Å². The number of carbonyl (C=O) groups is 1. The van der Waals surface area contributed by atoms with E-state index in [1.807, 2.05) is 6.07 Å². The fourth-order valence-electron chi connectivity index (χ4n) is 3.77. The van der Waals surface area contributed by atoms with Gasteiger partial charge in [-0.15, -0.1) is 0 Å². The first-order chi connectivity index (χ1) is 15.2. The van der Waals surface area contributed by atoms with Crippen molar-refractivity contribution in [3.05, 3.63) is 60.1 Å². The second kappa shape index (κ2) is 11.0. The Hall–Kier alpha value is -2.81. The number of likely N-dealkylation sites (tertiary alicyclic amines) is 1. The van der Waals surface area contributed by atoms with E-state index in [-0.39, 0.29) is 12.2 Å². The van der Waals surface area contributed by atoms with Crippen LogP contribution in [0.5, 0.6) is 0 Å². The first-order valence-corrected chi connectivity index (χ1v) is 10.8. The minimum atomic E-state index is -0.365. The first-order valence-electron chi connectivity index (χ1n) is 10.8. The van der Waals surface area contributed by atoms with Crippen LogP contribution in [0.15, 0.2) is 48.8 Å². The number of amides is 1. The number of rotatable bonds is 8. The number of aromatic nitrogens is 2. The van der Waals surface area contributed by atoms with Crippen molar-refractivity contribution in [1.82, 2.24) is 20.3 Å². The molecule has 1 amide bonds.